The molecule has 1 heterocycles. The quantitative estimate of drug-likeness (QED) is 0.781. The van der Waals surface area contributed by atoms with Crippen molar-refractivity contribution in [3.05, 3.63) is 23.8 Å². The summed E-state index contributed by atoms with van der Waals surface area (Å²) in [5, 5.41) is 18.8. The first-order valence-corrected chi connectivity index (χ1v) is 6.45. The standard InChI is InChI=1S/C12H14BrNO3/c13-8-2-1-5-14(7-8)12(17)10-4-3-9(15)6-11(10)16/h3-4,6,8,15-16H,1-2,5,7H2. The zero-order valence-corrected chi connectivity index (χ0v) is 10.9. The highest BCUT2D eigenvalue weighted by atomic mass is 79.9. The van der Waals surface area contributed by atoms with Crippen LogP contribution in [0.3, 0.4) is 0 Å². The van der Waals surface area contributed by atoms with E-state index in [0.717, 1.165) is 12.8 Å². The number of alkyl halides is 1. The van der Waals surface area contributed by atoms with Crippen molar-refractivity contribution in [1.82, 2.24) is 4.90 Å². The van der Waals surface area contributed by atoms with E-state index in [2.05, 4.69) is 15.9 Å². The lowest BCUT2D eigenvalue weighted by molar-refractivity contribution is 0.0727. The topological polar surface area (TPSA) is 60.8 Å². The van der Waals surface area contributed by atoms with Crippen molar-refractivity contribution in [2.45, 2.75) is 17.7 Å². The van der Waals surface area contributed by atoms with Crippen LogP contribution in [0.25, 0.3) is 0 Å². The van der Waals surface area contributed by atoms with Gasteiger partial charge in [-0.1, -0.05) is 15.9 Å². The largest absolute Gasteiger partial charge is 0.508 e. The Kier molecular flexibility index (Phi) is 3.57. The van der Waals surface area contributed by atoms with Gasteiger partial charge in [-0.2, -0.15) is 0 Å². The van der Waals surface area contributed by atoms with Gasteiger partial charge in [-0.3, -0.25) is 4.79 Å². The molecule has 0 radical (unpaired) electrons. The normalized spacial score (nSPS) is 20.3. The number of aromatic hydroxyl groups is 2. The highest BCUT2D eigenvalue weighted by molar-refractivity contribution is 9.09. The molecule has 0 saturated carbocycles. The summed E-state index contributed by atoms with van der Waals surface area (Å²) in [5.41, 5.74) is 0.240. The fraction of sp³-hybridized carbons (Fsp3) is 0.417. The Morgan fingerprint density at radius 1 is 1.41 bits per heavy atom. The number of amides is 1. The number of rotatable bonds is 1. The van der Waals surface area contributed by atoms with Crippen LogP contribution in [-0.4, -0.2) is 38.9 Å². The van der Waals surface area contributed by atoms with E-state index in [0.29, 0.717) is 17.9 Å². The molecule has 4 nitrogen and oxygen atoms in total. The van der Waals surface area contributed by atoms with Crippen molar-refractivity contribution < 1.29 is 15.0 Å². The summed E-state index contributed by atoms with van der Waals surface area (Å²) in [6, 6.07) is 4.04. The third kappa shape index (κ3) is 2.72. The molecule has 0 spiro atoms. The third-order valence-electron chi connectivity index (χ3n) is 2.86. The molecule has 1 saturated heterocycles. The molecule has 5 heteroatoms. The summed E-state index contributed by atoms with van der Waals surface area (Å²) in [5.74, 6) is -0.408. The lowest BCUT2D eigenvalue weighted by Crippen LogP contribution is -2.40. The van der Waals surface area contributed by atoms with Crippen LogP contribution in [0.4, 0.5) is 0 Å². The number of likely N-dealkylation sites (tertiary alicyclic amines) is 1. The summed E-state index contributed by atoms with van der Waals surface area (Å²) in [4.78, 5) is 14.2. The highest BCUT2D eigenvalue weighted by Crippen LogP contribution is 2.26. The van der Waals surface area contributed by atoms with Crippen LogP contribution in [0.2, 0.25) is 0 Å². The van der Waals surface area contributed by atoms with Crippen molar-refractivity contribution in [2.24, 2.45) is 0 Å². The van der Waals surface area contributed by atoms with Gasteiger partial charge in [-0.25, -0.2) is 0 Å². The van der Waals surface area contributed by atoms with E-state index in [-0.39, 0.29) is 23.0 Å². The molecule has 2 rings (SSSR count). The summed E-state index contributed by atoms with van der Waals surface area (Å²) >= 11 is 3.50. The van der Waals surface area contributed by atoms with Gasteiger partial charge in [-0.15, -0.1) is 0 Å². The summed E-state index contributed by atoms with van der Waals surface area (Å²) in [6.07, 6.45) is 2.02. The lowest BCUT2D eigenvalue weighted by atomic mass is 10.1. The average Bonchev–Trinajstić information content (AvgIpc) is 2.28. The smallest absolute Gasteiger partial charge is 0.257 e. The van der Waals surface area contributed by atoms with Gasteiger partial charge in [0.15, 0.2) is 0 Å². The molecule has 92 valence electrons. The number of benzene rings is 1. The maximum absolute atomic E-state index is 12.1. The van der Waals surface area contributed by atoms with E-state index >= 15 is 0 Å². The highest BCUT2D eigenvalue weighted by Gasteiger charge is 2.24. The first-order valence-electron chi connectivity index (χ1n) is 5.53. The number of hydrogen-bond acceptors (Lipinski definition) is 3. The van der Waals surface area contributed by atoms with E-state index in [9.17, 15) is 15.0 Å². The van der Waals surface area contributed by atoms with Crippen LogP contribution in [0.5, 0.6) is 11.5 Å². The van der Waals surface area contributed by atoms with E-state index in [1.807, 2.05) is 0 Å². The van der Waals surface area contributed by atoms with Crippen LogP contribution in [0.1, 0.15) is 23.2 Å². The van der Waals surface area contributed by atoms with Gasteiger partial charge in [0.25, 0.3) is 5.91 Å². The molecule has 1 amide bonds. The fourth-order valence-corrected chi connectivity index (χ4v) is 2.65. The van der Waals surface area contributed by atoms with E-state index in [4.69, 9.17) is 0 Å². The second-order valence-electron chi connectivity index (χ2n) is 4.19. The molecule has 1 fully saturated rings. The van der Waals surface area contributed by atoms with Gasteiger partial charge < -0.3 is 15.1 Å². The number of carbonyl (C=O) groups is 1. The molecule has 1 unspecified atom stereocenters. The molecule has 0 aliphatic carbocycles. The van der Waals surface area contributed by atoms with Gasteiger partial charge in [0.2, 0.25) is 0 Å². The van der Waals surface area contributed by atoms with Gasteiger partial charge in [0, 0.05) is 24.0 Å². The second-order valence-corrected chi connectivity index (χ2v) is 5.49. The Morgan fingerprint density at radius 3 is 2.82 bits per heavy atom. The van der Waals surface area contributed by atoms with Crippen molar-refractivity contribution in [3.8, 4) is 11.5 Å². The summed E-state index contributed by atoms with van der Waals surface area (Å²) in [7, 11) is 0. The van der Waals surface area contributed by atoms with Crippen molar-refractivity contribution >= 4 is 21.8 Å². The SMILES string of the molecule is O=C(c1ccc(O)cc1O)N1CCCC(Br)C1. The van der Waals surface area contributed by atoms with Crippen LogP contribution in [0.15, 0.2) is 18.2 Å². The number of phenols is 2. The molecule has 1 aliphatic heterocycles. The number of piperidine rings is 1. The molecule has 1 aliphatic rings. The predicted molar refractivity (Wildman–Crippen MR) is 67.6 cm³/mol. The number of hydrogen-bond donors (Lipinski definition) is 2. The molecular formula is C12H14BrNO3. The molecule has 17 heavy (non-hydrogen) atoms. The Hall–Kier alpha value is -1.23. The van der Waals surface area contributed by atoms with Crippen LogP contribution < -0.4 is 0 Å². The molecule has 2 N–H and O–H groups in total. The van der Waals surface area contributed by atoms with Crippen LogP contribution in [-0.2, 0) is 0 Å². The second kappa shape index (κ2) is 4.96. The third-order valence-corrected chi connectivity index (χ3v) is 3.61. The van der Waals surface area contributed by atoms with Gasteiger partial charge in [0.05, 0.1) is 5.56 Å². The Morgan fingerprint density at radius 2 is 2.18 bits per heavy atom. The molecule has 1 aromatic rings. The first kappa shape index (κ1) is 12.2. The molecule has 0 aromatic heterocycles. The minimum Gasteiger partial charge on any atom is -0.508 e. The van der Waals surface area contributed by atoms with Gasteiger partial charge in [0.1, 0.15) is 11.5 Å². The zero-order valence-electron chi connectivity index (χ0n) is 9.27. The maximum atomic E-state index is 12.1. The Bertz CT molecular complexity index is 436. The first-order chi connectivity index (χ1) is 8.08. The minimum absolute atomic E-state index is 0.0453. The Balaban J connectivity index is 2.18. The van der Waals surface area contributed by atoms with E-state index in [1.54, 1.807) is 4.90 Å². The molecule has 1 atom stereocenters. The monoisotopic (exact) mass is 299 g/mol. The van der Waals surface area contributed by atoms with Gasteiger partial charge in [-0.05, 0) is 25.0 Å². The number of phenolic OH excluding ortho intramolecular Hbond substituents is 2. The van der Waals surface area contributed by atoms with Crippen molar-refractivity contribution in [2.75, 3.05) is 13.1 Å². The van der Waals surface area contributed by atoms with Crippen LogP contribution >= 0.6 is 15.9 Å². The zero-order chi connectivity index (χ0) is 12.4. The lowest BCUT2D eigenvalue weighted by Gasteiger charge is -2.30. The van der Waals surface area contributed by atoms with E-state index in [1.165, 1.54) is 18.2 Å². The van der Waals surface area contributed by atoms with Gasteiger partial charge >= 0.3 is 0 Å². The average molecular weight is 300 g/mol. The van der Waals surface area contributed by atoms with Crippen molar-refractivity contribution in [3.63, 3.8) is 0 Å². The molecular weight excluding hydrogens is 286 g/mol. The Labute approximate surface area is 108 Å². The number of nitrogens with zero attached hydrogens (tertiary/aromatic N) is 1. The number of carbonyl (C=O) groups excluding carboxylic acids is 1. The fourth-order valence-electron chi connectivity index (χ4n) is 1.98. The molecule has 0 bridgehead atoms. The summed E-state index contributed by atoms with van der Waals surface area (Å²) < 4.78 is 0. The molecule has 1 aromatic carbocycles. The van der Waals surface area contributed by atoms with Crippen molar-refractivity contribution in [1.29, 1.82) is 0 Å². The predicted octanol–water partition coefficient (Wildman–Crippen LogP) is 2.10. The van der Waals surface area contributed by atoms with E-state index < -0.39 is 0 Å². The number of halogens is 1. The maximum Gasteiger partial charge on any atom is 0.257 e. The minimum atomic E-state index is -0.188. The summed E-state index contributed by atoms with van der Waals surface area (Å²) in [6.45, 7) is 1.36. The van der Waals surface area contributed by atoms with Crippen LogP contribution in [0, 0.1) is 0 Å².